The monoisotopic (exact) mass is 271 g/mol. The average Bonchev–Trinajstić information content (AvgIpc) is 2.81. The van der Waals surface area contributed by atoms with Gasteiger partial charge in [0.2, 0.25) is 5.91 Å². The van der Waals surface area contributed by atoms with Gasteiger partial charge in [-0.05, 0) is 51.9 Å². The molecule has 5 heteroatoms. The molecular formula is C13H25N3OS. The van der Waals surface area contributed by atoms with Crippen LogP contribution in [-0.2, 0) is 4.79 Å². The van der Waals surface area contributed by atoms with Gasteiger partial charge in [0.15, 0.2) is 0 Å². The van der Waals surface area contributed by atoms with Gasteiger partial charge in [-0.25, -0.2) is 0 Å². The second-order valence-corrected chi connectivity index (χ2v) is 6.77. The molecule has 1 atom stereocenters. The summed E-state index contributed by atoms with van der Waals surface area (Å²) in [5.41, 5.74) is 0. The molecule has 0 aromatic carbocycles. The molecule has 0 bridgehead atoms. The fourth-order valence-electron chi connectivity index (χ4n) is 2.66. The molecule has 0 aliphatic carbocycles. The van der Waals surface area contributed by atoms with Gasteiger partial charge in [0.05, 0.1) is 5.75 Å². The zero-order valence-electron chi connectivity index (χ0n) is 11.3. The van der Waals surface area contributed by atoms with Crippen molar-refractivity contribution in [3.8, 4) is 0 Å². The van der Waals surface area contributed by atoms with Crippen LogP contribution in [0.4, 0.5) is 0 Å². The molecule has 0 aromatic heterocycles. The van der Waals surface area contributed by atoms with Crippen LogP contribution in [0.2, 0.25) is 0 Å². The minimum Gasteiger partial charge on any atom is -0.355 e. The van der Waals surface area contributed by atoms with Gasteiger partial charge < -0.3 is 15.5 Å². The van der Waals surface area contributed by atoms with Crippen molar-refractivity contribution in [2.75, 3.05) is 45.5 Å². The van der Waals surface area contributed by atoms with Crippen LogP contribution < -0.4 is 10.6 Å². The van der Waals surface area contributed by atoms with Crippen molar-refractivity contribution >= 4 is 17.7 Å². The van der Waals surface area contributed by atoms with E-state index in [1.54, 1.807) is 0 Å². The lowest BCUT2D eigenvalue weighted by atomic mass is 10.1. The Morgan fingerprint density at radius 1 is 1.39 bits per heavy atom. The Morgan fingerprint density at radius 2 is 2.17 bits per heavy atom. The summed E-state index contributed by atoms with van der Waals surface area (Å²) in [4.78, 5) is 14.1. The molecule has 18 heavy (non-hydrogen) atoms. The highest BCUT2D eigenvalue weighted by Crippen LogP contribution is 2.19. The maximum absolute atomic E-state index is 11.8. The van der Waals surface area contributed by atoms with Crippen LogP contribution in [0.5, 0.6) is 0 Å². The van der Waals surface area contributed by atoms with Crippen molar-refractivity contribution in [2.45, 2.75) is 24.5 Å². The Bertz CT molecular complexity index is 258. The van der Waals surface area contributed by atoms with Crippen molar-refractivity contribution in [3.63, 3.8) is 0 Å². The van der Waals surface area contributed by atoms with E-state index in [0.29, 0.717) is 16.9 Å². The maximum Gasteiger partial charge on any atom is 0.230 e. The SMILES string of the molecule is CN1CCC(CNC(=O)CSC2CCNCC2)C1. The van der Waals surface area contributed by atoms with Crippen LogP contribution in [0, 0.1) is 5.92 Å². The van der Waals surface area contributed by atoms with Gasteiger partial charge in [0.25, 0.3) is 0 Å². The number of nitrogens with one attached hydrogen (secondary N) is 2. The first-order valence-corrected chi connectivity index (χ1v) is 8.06. The van der Waals surface area contributed by atoms with Gasteiger partial charge in [-0.2, -0.15) is 0 Å². The molecule has 4 nitrogen and oxygen atoms in total. The van der Waals surface area contributed by atoms with Gasteiger partial charge in [0.1, 0.15) is 0 Å². The Hall–Kier alpha value is -0.260. The van der Waals surface area contributed by atoms with Crippen LogP contribution >= 0.6 is 11.8 Å². The first kappa shape index (κ1) is 14.2. The molecule has 2 aliphatic rings. The fourth-order valence-corrected chi connectivity index (χ4v) is 3.72. The highest BCUT2D eigenvalue weighted by molar-refractivity contribution is 8.00. The number of hydrogen-bond donors (Lipinski definition) is 2. The standard InChI is InChI=1S/C13H25N3OS/c1-16-7-4-11(9-16)8-15-13(17)10-18-12-2-5-14-6-3-12/h11-12,14H,2-10H2,1H3,(H,15,17). The maximum atomic E-state index is 11.8. The van der Waals surface area contributed by atoms with Crippen LogP contribution in [0.1, 0.15) is 19.3 Å². The van der Waals surface area contributed by atoms with E-state index in [2.05, 4.69) is 22.6 Å². The van der Waals surface area contributed by atoms with E-state index in [4.69, 9.17) is 0 Å². The average molecular weight is 271 g/mol. The third kappa shape index (κ3) is 4.78. The predicted molar refractivity (Wildman–Crippen MR) is 77.0 cm³/mol. The molecule has 0 spiro atoms. The van der Waals surface area contributed by atoms with E-state index in [-0.39, 0.29) is 5.91 Å². The van der Waals surface area contributed by atoms with Crippen LogP contribution in [-0.4, -0.2) is 61.6 Å². The summed E-state index contributed by atoms with van der Waals surface area (Å²) in [5.74, 6) is 1.50. The van der Waals surface area contributed by atoms with E-state index in [1.165, 1.54) is 25.8 Å². The minimum absolute atomic E-state index is 0.216. The summed E-state index contributed by atoms with van der Waals surface area (Å²) in [7, 11) is 2.15. The summed E-state index contributed by atoms with van der Waals surface area (Å²) in [6, 6.07) is 0. The van der Waals surface area contributed by atoms with Crippen molar-refractivity contribution in [1.29, 1.82) is 0 Å². The second-order valence-electron chi connectivity index (χ2n) is 5.48. The third-order valence-electron chi connectivity index (χ3n) is 3.81. The summed E-state index contributed by atoms with van der Waals surface area (Å²) in [5, 5.41) is 7.11. The zero-order chi connectivity index (χ0) is 12.8. The molecule has 1 amide bonds. The molecule has 2 heterocycles. The first-order chi connectivity index (χ1) is 8.74. The van der Waals surface area contributed by atoms with Gasteiger partial charge >= 0.3 is 0 Å². The molecule has 104 valence electrons. The summed E-state index contributed by atoms with van der Waals surface area (Å²) in [6.07, 6.45) is 3.62. The molecule has 2 saturated heterocycles. The number of thioether (sulfide) groups is 1. The number of amides is 1. The van der Waals surface area contributed by atoms with Crippen molar-refractivity contribution < 1.29 is 4.79 Å². The Labute approximate surface area is 114 Å². The molecule has 1 unspecified atom stereocenters. The van der Waals surface area contributed by atoms with Crippen LogP contribution in [0.3, 0.4) is 0 Å². The van der Waals surface area contributed by atoms with Crippen LogP contribution in [0.15, 0.2) is 0 Å². The fraction of sp³-hybridized carbons (Fsp3) is 0.923. The Kier molecular flexibility index (Phi) is 5.79. The van der Waals surface area contributed by atoms with E-state index in [1.807, 2.05) is 11.8 Å². The van der Waals surface area contributed by atoms with E-state index in [9.17, 15) is 4.79 Å². The topological polar surface area (TPSA) is 44.4 Å². The molecule has 2 N–H and O–H groups in total. The molecule has 2 rings (SSSR count). The van der Waals surface area contributed by atoms with Crippen molar-refractivity contribution in [2.24, 2.45) is 5.92 Å². The number of likely N-dealkylation sites (tertiary alicyclic amines) is 1. The lowest BCUT2D eigenvalue weighted by Gasteiger charge is -2.21. The van der Waals surface area contributed by atoms with Crippen LogP contribution in [0.25, 0.3) is 0 Å². The minimum atomic E-state index is 0.216. The van der Waals surface area contributed by atoms with Crippen molar-refractivity contribution in [3.05, 3.63) is 0 Å². The Balaban J connectivity index is 1.54. The summed E-state index contributed by atoms with van der Waals surface area (Å²) in [6.45, 7) is 5.36. The molecule has 2 fully saturated rings. The number of rotatable bonds is 5. The smallest absolute Gasteiger partial charge is 0.230 e. The zero-order valence-corrected chi connectivity index (χ0v) is 12.1. The first-order valence-electron chi connectivity index (χ1n) is 7.01. The number of piperidine rings is 1. The predicted octanol–water partition coefficient (Wildman–Crippen LogP) is 0.540. The lowest BCUT2D eigenvalue weighted by molar-refractivity contribution is -0.118. The van der Waals surface area contributed by atoms with E-state index >= 15 is 0 Å². The lowest BCUT2D eigenvalue weighted by Crippen LogP contribution is -2.33. The molecule has 2 aliphatic heterocycles. The van der Waals surface area contributed by atoms with Gasteiger partial charge in [-0.3, -0.25) is 4.79 Å². The number of carbonyl (C=O) groups is 1. The van der Waals surface area contributed by atoms with Gasteiger partial charge in [-0.1, -0.05) is 0 Å². The number of carbonyl (C=O) groups excluding carboxylic acids is 1. The molecular weight excluding hydrogens is 246 g/mol. The number of hydrogen-bond acceptors (Lipinski definition) is 4. The number of nitrogens with zero attached hydrogens (tertiary/aromatic N) is 1. The normalized spacial score (nSPS) is 26.4. The molecule has 0 saturated carbocycles. The highest BCUT2D eigenvalue weighted by atomic mass is 32.2. The van der Waals surface area contributed by atoms with Gasteiger partial charge in [-0.15, -0.1) is 11.8 Å². The summed E-state index contributed by atoms with van der Waals surface area (Å²) < 4.78 is 0. The Morgan fingerprint density at radius 3 is 2.83 bits per heavy atom. The third-order valence-corrected chi connectivity index (χ3v) is 5.18. The van der Waals surface area contributed by atoms with Crippen molar-refractivity contribution in [1.82, 2.24) is 15.5 Å². The second kappa shape index (κ2) is 7.36. The quantitative estimate of drug-likeness (QED) is 0.766. The molecule has 0 aromatic rings. The summed E-state index contributed by atoms with van der Waals surface area (Å²) >= 11 is 1.83. The highest BCUT2D eigenvalue weighted by Gasteiger charge is 2.20. The van der Waals surface area contributed by atoms with Gasteiger partial charge in [0, 0.05) is 18.3 Å². The van der Waals surface area contributed by atoms with E-state index in [0.717, 1.165) is 26.2 Å². The van der Waals surface area contributed by atoms with E-state index < -0.39 is 0 Å². The molecule has 0 radical (unpaired) electrons. The largest absolute Gasteiger partial charge is 0.355 e.